The van der Waals surface area contributed by atoms with Crippen LogP contribution in [0, 0.1) is 0 Å². The highest BCUT2D eigenvalue weighted by Gasteiger charge is 2.04. The first-order valence-corrected chi connectivity index (χ1v) is 10.8. The van der Waals surface area contributed by atoms with Gasteiger partial charge in [-0.3, -0.25) is 4.57 Å². The lowest BCUT2D eigenvalue weighted by Crippen LogP contribution is -1.96. The van der Waals surface area contributed by atoms with E-state index in [1.807, 2.05) is 0 Å². The molecule has 0 fully saturated rings. The fraction of sp³-hybridized carbons (Fsp3) is 0.818. The van der Waals surface area contributed by atoms with Crippen molar-refractivity contribution in [3.05, 3.63) is 12.1 Å². The molecule has 1 heterocycles. The van der Waals surface area contributed by atoms with E-state index in [4.69, 9.17) is 0 Å². The smallest absolute Gasteiger partial charge is 0.193 e. The van der Waals surface area contributed by atoms with Gasteiger partial charge in [0.25, 0.3) is 0 Å². The Bertz CT molecular complexity index is 395. The Balaban J connectivity index is 1.76. The number of hydrogen-bond acceptors (Lipinski definition) is 2. The van der Waals surface area contributed by atoms with Crippen LogP contribution in [0.15, 0.2) is 12.1 Å². The first kappa shape index (κ1) is 21.9. The third kappa shape index (κ3) is 11.2. The molecule has 0 amide bonds. The number of nitrogens with zero attached hydrogens (tertiary/aromatic N) is 1. The molecule has 25 heavy (non-hydrogen) atoms. The molecule has 0 aromatic carbocycles. The van der Waals surface area contributed by atoms with Gasteiger partial charge in [0, 0.05) is 18.7 Å². The molecule has 0 aliphatic heterocycles. The first-order valence-electron chi connectivity index (χ1n) is 10.8. The van der Waals surface area contributed by atoms with Crippen molar-refractivity contribution in [3.8, 4) is 11.8 Å². The van der Waals surface area contributed by atoms with Crippen LogP contribution in [0.2, 0.25) is 0 Å². The molecular formula is C22H41NO2. The molecule has 0 aliphatic rings. The lowest BCUT2D eigenvalue weighted by molar-refractivity contribution is 0.361. The second-order valence-corrected chi connectivity index (χ2v) is 7.50. The molecule has 0 saturated heterocycles. The number of aromatic nitrogens is 1. The van der Waals surface area contributed by atoms with E-state index in [0.29, 0.717) is 6.54 Å². The maximum Gasteiger partial charge on any atom is 0.193 e. The van der Waals surface area contributed by atoms with Gasteiger partial charge in [-0.15, -0.1) is 0 Å². The molecule has 2 N–H and O–H groups in total. The lowest BCUT2D eigenvalue weighted by atomic mass is 10.0. The fourth-order valence-electron chi connectivity index (χ4n) is 3.49. The van der Waals surface area contributed by atoms with Gasteiger partial charge in [0.1, 0.15) is 0 Å². The number of aromatic hydroxyl groups is 2. The molecule has 0 unspecified atom stereocenters. The van der Waals surface area contributed by atoms with Crippen LogP contribution in [-0.4, -0.2) is 14.8 Å². The van der Waals surface area contributed by atoms with Crippen molar-refractivity contribution in [3.63, 3.8) is 0 Å². The van der Waals surface area contributed by atoms with Gasteiger partial charge < -0.3 is 10.2 Å². The quantitative estimate of drug-likeness (QED) is 0.292. The van der Waals surface area contributed by atoms with E-state index in [9.17, 15) is 10.2 Å². The highest BCUT2D eigenvalue weighted by atomic mass is 16.3. The van der Waals surface area contributed by atoms with E-state index in [1.165, 1.54) is 96.3 Å². The molecule has 0 bridgehead atoms. The summed E-state index contributed by atoms with van der Waals surface area (Å²) < 4.78 is 1.57. The average Bonchev–Trinajstić information content (AvgIpc) is 2.93. The van der Waals surface area contributed by atoms with Gasteiger partial charge in [0.15, 0.2) is 11.8 Å². The van der Waals surface area contributed by atoms with Crippen LogP contribution >= 0.6 is 0 Å². The summed E-state index contributed by atoms with van der Waals surface area (Å²) in [6, 6.07) is 3.09. The van der Waals surface area contributed by atoms with Crippen molar-refractivity contribution in [1.82, 2.24) is 4.57 Å². The van der Waals surface area contributed by atoms with Crippen LogP contribution in [0.3, 0.4) is 0 Å². The van der Waals surface area contributed by atoms with Gasteiger partial charge >= 0.3 is 0 Å². The van der Waals surface area contributed by atoms with Gasteiger partial charge in [-0.05, 0) is 6.42 Å². The fourth-order valence-corrected chi connectivity index (χ4v) is 3.49. The van der Waals surface area contributed by atoms with E-state index in [1.54, 1.807) is 16.7 Å². The summed E-state index contributed by atoms with van der Waals surface area (Å²) in [5.41, 5.74) is 0. The highest BCUT2D eigenvalue weighted by Crippen LogP contribution is 2.22. The molecule has 0 radical (unpaired) electrons. The molecule has 0 spiro atoms. The van der Waals surface area contributed by atoms with Gasteiger partial charge in [-0.1, -0.05) is 103 Å². The number of hydrogen-bond donors (Lipinski definition) is 2. The first-order chi connectivity index (χ1) is 12.3. The predicted molar refractivity (Wildman–Crippen MR) is 107 cm³/mol. The zero-order chi connectivity index (χ0) is 18.2. The zero-order valence-corrected chi connectivity index (χ0v) is 16.5. The van der Waals surface area contributed by atoms with Gasteiger partial charge in [0.2, 0.25) is 0 Å². The highest BCUT2D eigenvalue weighted by molar-refractivity contribution is 5.23. The van der Waals surface area contributed by atoms with E-state index in [-0.39, 0.29) is 11.8 Å². The summed E-state index contributed by atoms with van der Waals surface area (Å²) in [5, 5.41) is 19.1. The average molecular weight is 352 g/mol. The minimum absolute atomic E-state index is 0.165. The van der Waals surface area contributed by atoms with Gasteiger partial charge in [0.05, 0.1) is 0 Å². The molecule has 146 valence electrons. The Morgan fingerprint density at radius 3 is 1.24 bits per heavy atom. The summed E-state index contributed by atoms with van der Waals surface area (Å²) in [6.07, 6.45) is 21.7. The normalized spacial score (nSPS) is 11.2. The van der Waals surface area contributed by atoms with Crippen LogP contribution in [0.4, 0.5) is 0 Å². The maximum absolute atomic E-state index is 9.56. The molecule has 0 atom stereocenters. The molecule has 3 heteroatoms. The molecule has 3 nitrogen and oxygen atoms in total. The standard InChI is InChI=1S/C22H41NO2/c1-2-3-4-5-6-7-8-9-10-11-12-13-14-15-16-17-20-23-21(24)18-19-22(23)25/h18-19,24-25H,2-17,20H2,1H3. The third-order valence-electron chi connectivity index (χ3n) is 5.17. The second kappa shape index (κ2) is 15.2. The SMILES string of the molecule is CCCCCCCCCCCCCCCCCCn1c(O)ccc1O. The topological polar surface area (TPSA) is 45.4 Å². The Hall–Kier alpha value is -1.12. The molecular weight excluding hydrogens is 310 g/mol. The van der Waals surface area contributed by atoms with Crippen molar-refractivity contribution in [2.75, 3.05) is 0 Å². The third-order valence-corrected chi connectivity index (χ3v) is 5.17. The van der Waals surface area contributed by atoms with Crippen molar-refractivity contribution in [2.45, 2.75) is 116 Å². The van der Waals surface area contributed by atoms with Crippen LogP contribution in [0.25, 0.3) is 0 Å². The monoisotopic (exact) mass is 351 g/mol. The summed E-state index contributed by atoms with van der Waals surface area (Å²) in [6.45, 7) is 2.99. The maximum atomic E-state index is 9.56. The van der Waals surface area contributed by atoms with Crippen LogP contribution in [0.5, 0.6) is 11.8 Å². The summed E-state index contributed by atoms with van der Waals surface area (Å²) in [7, 11) is 0. The molecule has 1 aromatic rings. The van der Waals surface area contributed by atoms with Crippen molar-refractivity contribution in [2.24, 2.45) is 0 Å². The Morgan fingerprint density at radius 1 is 0.560 bits per heavy atom. The molecule has 1 rings (SSSR count). The summed E-state index contributed by atoms with van der Waals surface area (Å²) >= 11 is 0. The number of rotatable bonds is 17. The van der Waals surface area contributed by atoms with E-state index >= 15 is 0 Å². The largest absolute Gasteiger partial charge is 0.494 e. The van der Waals surface area contributed by atoms with E-state index in [0.717, 1.165) is 6.42 Å². The minimum Gasteiger partial charge on any atom is -0.494 e. The van der Waals surface area contributed by atoms with Crippen LogP contribution in [0.1, 0.15) is 110 Å². The van der Waals surface area contributed by atoms with Crippen LogP contribution < -0.4 is 0 Å². The molecule has 0 aliphatic carbocycles. The van der Waals surface area contributed by atoms with Gasteiger partial charge in [-0.2, -0.15) is 0 Å². The zero-order valence-electron chi connectivity index (χ0n) is 16.5. The van der Waals surface area contributed by atoms with Crippen molar-refractivity contribution >= 4 is 0 Å². The predicted octanol–water partition coefficient (Wildman–Crippen LogP) is 7.16. The Kier molecular flexibility index (Phi) is 13.3. The molecule has 1 aromatic heterocycles. The minimum atomic E-state index is 0.165. The van der Waals surface area contributed by atoms with E-state index in [2.05, 4.69) is 6.92 Å². The number of unbranched alkanes of at least 4 members (excludes halogenated alkanes) is 15. The van der Waals surface area contributed by atoms with Crippen LogP contribution in [-0.2, 0) is 6.54 Å². The van der Waals surface area contributed by atoms with Crippen molar-refractivity contribution < 1.29 is 10.2 Å². The summed E-state index contributed by atoms with van der Waals surface area (Å²) in [5.74, 6) is 0.330. The Labute approximate surface area is 155 Å². The van der Waals surface area contributed by atoms with Crippen molar-refractivity contribution in [1.29, 1.82) is 0 Å². The summed E-state index contributed by atoms with van der Waals surface area (Å²) in [4.78, 5) is 0. The van der Waals surface area contributed by atoms with Gasteiger partial charge in [-0.25, -0.2) is 0 Å². The lowest BCUT2D eigenvalue weighted by Gasteiger charge is -2.06. The second-order valence-electron chi connectivity index (χ2n) is 7.50. The molecule has 0 saturated carbocycles. The van der Waals surface area contributed by atoms with E-state index < -0.39 is 0 Å². The Morgan fingerprint density at radius 2 is 0.880 bits per heavy atom.